The Hall–Kier alpha value is -0.170. The van der Waals surface area contributed by atoms with Crippen molar-refractivity contribution in [2.24, 2.45) is 5.73 Å². The molecule has 0 spiro atoms. The van der Waals surface area contributed by atoms with Crippen molar-refractivity contribution in [3.8, 4) is 0 Å². The van der Waals surface area contributed by atoms with E-state index < -0.39 is 15.3 Å². The van der Waals surface area contributed by atoms with Gasteiger partial charge in [-0.05, 0) is 13.3 Å². The van der Waals surface area contributed by atoms with Gasteiger partial charge in [-0.1, -0.05) is 0 Å². The molecule has 0 aromatic carbocycles. The van der Waals surface area contributed by atoms with Crippen molar-refractivity contribution in [3.05, 3.63) is 0 Å². The molecule has 0 radical (unpaired) electrons. The van der Waals surface area contributed by atoms with Crippen molar-refractivity contribution >= 4 is 10.0 Å². The number of ether oxygens (including phenoxy) is 1. The van der Waals surface area contributed by atoms with Gasteiger partial charge in [-0.25, -0.2) is 8.42 Å². The number of rotatable bonds is 3. The summed E-state index contributed by atoms with van der Waals surface area (Å²) in [7, 11) is -3.21. The summed E-state index contributed by atoms with van der Waals surface area (Å²) in [6.07, 6.45) is 0.760. The van der Waals surface area contributed by atoms with Crippen LogP contribution in [-0.2, 0) is 14.8 Å². The van der Waals surface area contributed by atoms with E-state index >= 15 is 0 Å². The van der Waals surface area contributed by atoms with Crippen LogP contribution in [0, 0.1) is 0 Å². The molecule has 1 fully saturated rings. The Morgan fingerprint density at radius 1 is 1.43 bits per heavy atom. The molecule has 84 valence electrons. The lowest BCUT2D eigenvalue weighted by Gasteiger charge is -2.22. The van der Waals surface area contributed by atoms with Crippen LogP contribution in [0.3, 0.4) is 0 Å². The van der Waals surface area contributed by atoms with Crippen molar-refractivity contribution < 1.29 is 13.2 Å². The minimum absolute atomic E-state index is 0.166. The lowest BCUT2D eigenvalue weighted by molar-refractivity contribution is 0.148. The number of hydrogen-bond donors (Lipinski definition) is 1. The molecule has 14 heavy (non-hydrogen) atoms. The van der Waals surface area contributed by atoms with E-state index in [-0.39, 0.29) is 6.54 Å². The van der Waals surface area contributed by atoms with Gasteiger partial charge in [0.05, 0.1) is 11.9 Å². The number of nitrogens with two attached hydrogens (primary N) is 1. The van der Waals surface area contributed by atoms with Crippen LogP contribution in [0.15, 0.2) is 0 Å². The average Bonchev–Trinajstić information content (AvgIpc) is 2.44. The maximum atomic E-state index is 11.9. The molecule has 1 atom stereocenters. The van der Waals surface area contributed by atoms with Crippen molar-refractivity contribution in [1.29, 1.82) is 0 Å². The van der Waals surface area contributed by atoms with Crippen molar-refractivity contribution in [3.63, 3.8) is 0 Å². The first-order valence-corrected chi connectivity index (χ1v) is 6.36. The second-order valence-electron chi connectivity index (χ2n) is 3.46. The largest absolute Gasteiger partial charge is 0.380 e. The lowest BCUT2D eigenvalue weighted by atomic mass is 10.5. The lowest BCUT2D eigenvalue weighted by Crippen LogP contribution is -2.41. The fourth-order valence-electron chi connectivity index (χ4n) is 1.35. The van der Waals surface area contributed by atoms with Gasteiger partial charge >= 0.3 is 0 Å². The summed E-state index contributed by atoms with van der Waals surface area (Å²) in [4.78, 5) is 0. The monoisotopic (exact) mass is 222 g/mol. The number of hydrogen-bond acceptors (Lipinski definition) is 4. The molecule has 0 aliphatic carbocycles. The molecule has 1 aliphatic heterocycles. The van der Waals surface area contributed by atoms with Gasteiger partial charge in [-0.3, -0.25) is 0 Å². The van der Waals surface area contributed by atoms with E-state index in [4.69, 9.17) is 10.5 Å². The quantitative estimate of drug-likeness (QED) is 0.691. The predicted octanol–water partition coefficient (Wildman–Crippen LogP) is -0.614. The van der Waals surface area contributed by atoms with E-state index in [0.717, 1.165) is 6.42 Å². The van der Waals surface area contributed by atoms with Crippen LogP contribution in [-0.4, -0.2) is 50.8 Å². The minimum Gasteiger partial charge on any atom is -0.380 e. The maximum absolute atomic E-state index is 11.9. The third kappa shape index (κ3) is 2.66. The highest BCUT2D eigenvalue weighted by Crippen LogP contribution is 2.10. The Labute approximate surface area is 85.3 Å². The Bertz CT molecular complexity index is 258. The summed E-state index contributed by atoms with van der Waals surface area (Å²) in [5.74, 6) is 0. The highest BCUT2D eigenvalue weighted by Gasteiger charge is 2.28. The van der Waals surface area contributed by atoms with Gasteiger partial charge in [0.1, 0.15) is 0 Å². The molecule has 1 unspecified atom stereocenters. The molecule has 1 heterocycles. The first-order chi connectivity index (χ1) is 6.59. The van der Waals surface area contributed by atoms with Gasteiger partial charge in [0, 0.05) is 26.2 Å². The van der Waals surface area contributed by atoms with Gasteiger partial charge in [-0.15, -0.1) is 0 Å². The zero-order chi connectivity index (χ0) is 10.6. The first kappa shape index (κ1) is 11.9. The van der Waals surface area contributed by atoms with Crippen LogP contribution < -0.4 is 5.73 Å². The van der Waals surface area contributed by atoms with Crippen LogP contribution >= 0.6 is 0 Å². The van der Waals surface area contributed by atoms with E-state index in [1.165, 1.54) is 4.31 Å². The third-order valence-corrected chi connectivity index (χ3v) is 4.68. The van der Waals surface area contributed by atoms with E-state index in [1.807, 2.05) is 0 Å². The zero-order valence-electron chi connectivity index (χ0n) is 8.48. The first-order valence-electron chi connectivity index (χ1n) is 4.86. The summed E-state index contributed by atoms with van der Waals surface area (Å²) >= 11 is 0. The van der Waals surface area contributed by atoms with E-state index in [0.29, 0.717) is 26.3 Å². The summed E-state index contributed by atoms with van der Waals surface area (Å²) < 4.78 is 30.4. The number of nitrogens with zero attached hydrogens (tertiary/aromatic N) is 1. The molecule has 1 saturated heterocycles. The van der Waals surface area contributed by atoms with Crippen molar-refractivity contribution in [2.45, 2.75) is 18.6 Å². The van der Waals surface area contributed by atoms with E-state index in [2.05, 4.69) is 0 Å². The Balaban J connectivity index is 2.69. The molecule has 6 heteroatoms. The number of sulfonamides is 1. The zero-order valence-corrected chi connectivity index (χ0v) is 9.29. The van der Waals surface area contributed by atoms with Crippen LogP contribution in [0.1, 0.15) is 13.3 Å². The third-order valence-electron chi connectivity index (χ3n) is 2.38. The molecule has 0 amide bonds. The second-order valence-corrected chi connectivity index (χ2v) is 5.81. The predicted molar refractivity (Wildman–Crippen MR) is 54.4 cm³/mol. The summed E-state index contributed by atoms with van der Waals surface area (Å²) in [5.41, 5.74) is 5.37. The van der Waals surface area contributed by atoms with Crippen molar-refractivity contribution in [1.82, 2.24) is 4.31 Å². The van der Waals surface area contributed by atoms with Crippen LogP contribution in [0.2, 0.25) is 0 Å². The average molecular weight is 222 g/mol. The second kappa shape index (κ2) is 5.06. The molecule has 2 N–H and O–H groups in total. The smallest absolute Gasteiger partial charge is 0.218 e. The summed E-state index contributed by atoms with van der Waals surface area (Å²) in [6.45, 7) is 3.93. The van der Waals surface area contributed by atoms with Gasteiger partial charge in [0.15, 0.2) is 0 Å². The van der Waals surface area contributed by atoms with Crippen molar-refractivity contribution in [2.75, 3.05) is 32.8 Å². The molecular weight excluding hydrogens is 204 g/mol. The van der Waals surface area contributed by atoms with Crippen LogP contribution in [0.5, 0.6) is 0 Å². The minimum atomic E-state index is -3.21. The fourth-order valence-corrected chi connectivity index (χ4v) is 2.82. The summed E-state index contributed by atoms with van der Waals surface area (Å²) in [5, 5.41) is -0.499. The standard InChI is InChI=1S/C8H18N2O3S/c1-8(7-9)14(11,12)10-3-2-5-13-6-4-10/h8H,2-7,9H2,1H3. The van der Waals surface area contributed by atoms with E-state index in [1.54, 1.807) is 6.92 Å². The molecule has 0 aromatic heterocycles. The van der Waals surface area contributed by atoms with Gasteiger partial charge in [-0.2, -0.15) is 4.31 Å². The SMILES string of the molecule is CC(CN)S(=O)(=O)N1CCCOCC1. The van der Waals surface area contributed by atoms with Gasteiger partial charge in [0.2, 0.25) is 10.0 Å². The normalized spacial score (nSPS) is 23.0. The topological polar surface area (TPSA) is 72.6 Å². The maximum Gasteiger partial charge on any atom is 0.218 e. The fraction of sp³-hybridized carbons (Fsp3) is 1.00. The molecule has 1 rings (SSSR count). The van der Waals surface area contributed by atoms with Gasteiger partial charge < -0.3 is 10.5 Å². The molecule has 0 saturated carbocycles. The Kier molecular flexibility index (Phi) is 4.31. The highest BCUT2D eigenvalue weighted by molar-refractivity contribution is 7.89. The highest BCUT2D eigenvalue weighted by atomic mass is 32.2. The summed E-state index contributed by atoms with van der Waals surface area (Å²) in [6, 6.07) is 0. The Morgan fingerprint density at radius 2 is 2.14 bits per heavy atom. The molecule has 0 bridgehead atoms. The van der Waals surface area contributed by atoms with Gasteiger partial charge in [0.25, 0.3) is 0 Å². The molecule has 1 aliphatic rings. The molecule has 0 aromatic rings. The van der Waals surface area contributed by atoms with E-state index in [9.17, 15) is 8.42 Å². The molecule has 5 nitrogen and oxygen atoms in total. The van der Waals surface area contributed by atoms with Crippen LogP contribution in [0.4, 0.5) is 0 Å². The van der Waals surface area contributed by atoms with Crippen LogP contribution in [0.25, 0.3) is 0 Å². The molecular formula is C8H18N2O3S. The Morgan fingerprint density at radius 3 is 2.79 bits per heavy atom.